The number of H-pyrrole nitrogens is 1. The summed E-state index contributed by atoms with van der Waals surface area (Å²) in [6, 6.07) is 24.3. The van der Waals surface area contributed by atoms with E-state index in [1.54, 1.807) is 6.20 Å². The molecule has 0 aliphatic carbocycles. The van der Waals surface area contributed by atoms with E-state index in [-0.39, 0.29) is 12.0 Å². The number of ether oxygens (including phenoxy) is 1. The van der Waals surface area contributed by atoms with Crippen LogP contribution in [0.25, 0.3) is 21.8 Å². The number of fused-ring (bicyclic) bond motifs is 4. The molecule has 0 amide bonds. The molecule has 0 unspecified atom stereocenters. The molecular formula is C33H33ClN4O2. The molecule has 3 heterocycles. The quantitative estimate of drug-likeness (QED) is 0.211. The molecule has 0 spiro atoms. The summed E-state index contributed by atoms with van der Waals surface area (Å²) in [7, 11) is 1.48. The molecule has 40 heavy (non-hydrogen) atoms. The van der Waals surface area contributed by atoms with Crippen LogP contribution in [0.3, 0.4) is 0 Å². The van der Waals surface area contributed by atoms with Gasteiger partial charge < -0.3 is 15.0 Å². The maximum atomic E-state index is 13.3. The van der Waals surface area contributed by atoms with E-state index in [1.165, 1.54) is 18.2 Å². The van der Waals surface area contributed by atoms with Crippen LogP contribution in [0.4, 0.5) is 5.69 Å². The van der Waals surface area contributed by atoms with Crippen molar-refractivity contribution >= 4 is 45.1 Å². The Hall–Kier alpha value is -3.87. The van der Waals surface area contributed by atoms with Crippen LogP contribution in [-0.4, -0.2) is 47.1 Å². The summed E-state index contributed by atoms with van der Waals surface area (Å²) >= 11 is 6.19. The lowest BCUT2D eigenvalue weighted by molar-refractivity contribution is -0.148. The maximum Gasteiger partial charge on any atom is 0.323 e. The summed E-state index contributed by atoms with van der Waals surface area (Å²) in [5.41, 5.74) is 7.68. The minimum absolute atomic E-state index is 0.128. The lowest BCUT2D eigenvalue weighted by Gasteiger charge is -2.41. The van der Waals surface area contributed by atoms with Crippen LogP contribution in [0.1, 0.15) is 48.2 Å². The molecule has 0 bridgehead atoms. The monoisotopic (exact) mass is 552 g/mol. The number of esters is 1. The Morgan fingerprint density at radius 2 is 1.90 bits per heavy atom. The van der Waals surface area contributed by atoms with Crippen molar-refractivity contribution in [3.8, 4) is 0 Å². The predicted octanol–water partition coefficient (Wildman–Crippen LogP) is 7.09. The molecule has 2 N–H and O–H groups in total. The van der Waals surface area contributed by atoms with Crippen LogP contribution < -0.4 is 5.32 Å². The van der Waals surface area contributed by atoms with Gasteiger partial charge in [-0.2, -0.15) is 0 Å². The Bertz CT molecular complexity index is 1680. The minimum atomic E-state index is -0.415. The minimum Gasteiger partial charge on any atom is -0.468 e. The number of halogens is 1. The predicted molar refractivity (Wildman–Crippen MR) is 162 cm³/mol. The van der Waals surface area contributed by atoms with Crippen LogP contribution in [0.5, 0.6) is 0 Å². The van der Waals surface area contributed by atoms with Crippen molar-refractivity contribution < 1.29 is 9.53 Å². The second kappa shape index (κ2) is 11.0. The molecule has 6 rings (SSSR count). The summed E-state index contributed by atoms with van der Waals surface area (Å²) < 4.78 is 5.36. The van der Waals surface area contributed by atoms with Crippen LogP contribution in [0.15, 0.2) is 79.0 Å². The number of anilines is 1. The number of nitrogens with zero attached hydrogens (tertiary/aromatic N) is 2. The number of carbonyl (C=O) groups is 1. The Balaban J connectivity index is 1.39. The first-order valence-corrected chi connectivity index (χ1v) is 14.1. The van der Waals surface area contributed by atoms with E-state index in [0.29, 0.717) is 30.5 Å². The zero-order chi connectivity index (χ0) is 27.8. The third-order valence-corrected chi connectivity index (χ3v) is 8.27. The van der Waals surface area contributed by atoms with Crippen molar-refractivity contribution in [3.05, 3.63) is 106 Å². The number of rotatable bonds is 7. The topological polar surface area (TPSA) is 70.2 Å². The van der Waals surface area contributed by atoms with Gasteiger partial charge in [0.25, 0.3) is 0 Å². The maximum absolute atomic E-state index is 13.3. The Labute approximate surface area is 239 Å². The van der Waals surface area contributed by atoms with Gasteiger partial charge in [-0.1, -0.05) is 67.9 Å². The van der Waals surface area contributed by atoms with Crippen LogP contribution >= 0.6 is 11.6 Å². The Morgan fingerprint density at radius 3 is 2.67 bits per heavy atom. The second-order valence-electron chi connectivity index (χ2n) is 10.7. The number of aromatic amines is 1. The fraction of sp³-hybridized carbons (Fsp3) is 0.273. The number of benzene rings is 3. The molecule has 2 aromatic heterocycles. The third-order valence-electron chi connectivity index (χ3n) is 8.03. The molecule has 0 radical (unpaired) electrons. The van der Waals surface area contributed by atoms with Crippen molar-refractivity contribution in [1.29, 1.82) is 0 Å². The number of pyridine rings is 1. The highest BCUT2D eigenvalue weighted by Crippen LogP contribution is 2.41. The van der Waals surface area contributed by atoms with E-state index >= 15 is 0 Å². The van der Waals surface area contributed by atoms with Gasteiger partial charge in [0.15, 0.2) is 0 Å². The number of carbonyl (C=O) groups excluding carboxylic acids is 1. The number of nitrogens with one attached hydrogen (secondary N) is 2. The van der Waals surface area contributed by atoms with Crippen molar-refractivity contribution in [2.75, 3.05) is 25.5 Å². The van der Waals surface area contributed by atoms with Gasteiger partial charge in [0, 0.05) is 58.4 Å². The van der Waals surface area contributed by atoms with Gasteiger partial charge in [0.2, 0.25) is 0 Å². The standard InChI is InChI=1S/C33H33ClN4O2/c1-20(2)21-8-10-22(11-9-21)32-31-26(24-6-4-5-7-28(24)37-31)19-30(33(39)40-3)38(32)17-16-36-27-14-15-35-29-18-23(34)12-13-25(27)29/h4-15,18,20,30,32,37H,16-17,19H2,1-3H3,(H,35,36)/t30-,32-/m1/s1. The van der Waals surface area contributed by atoms with Gasteiger partial charge in [0.1, 0.15) is 6.04 Å². The molecule has 204 valence electrons. The average molecular weight is 553 g/mol. The number of methoxy groups -OCH3 is 1. The SMILES string of the molecule is COC(=O)[C@H]1Cc2c([nH]c3ccccc23)[C@@H](c2ccc(C(C)C)cc2)N1CCNc1ccnc2cc(Cl)ccc12. The molecule has 5 aromatic rings. The van der Waals surface area contributed by atoms with Gasteiger partial charge in [-0.15, -0.1) is 0 Å². The fourth-order valence-electron chi connectivity index (χ4n) is 5.99. The Morgan fingerprint density at radius 1 is 1.10 bits per heavy atom. The average Bonchev–Trinajstić information content (AvgIpc) is 3.34. The molecule has 1 aliphatic rings. The van der Waals surface area contributed by atoms with Crippen LogP contribution in [-0.2, 0) is 16.0 Å². The van der Waals surface area contributed by atoms with Crippen molar-refractivity contribution in [3.63, 3.8) is 0 Å². The zero-order valence-corrected chi connectivity index (χ0v) is 23.7. The van der Waals surface area contributed by atoms with E-state index < -0.39 is 6.04 Å². The highest BCUT2D eigenvalue weighted by atomic mass is 35.5. The highest BCUT2D eigenvalue weighted by Gasteiger charge is 2.41. The zero-order valence-electron chi connectivity index (χ0n) is 22.9. The van der Waals surface area contributed by atoms with Gasteiger partial charge in [-0.3, -0.25) is 14.7 Å². The molecule has 0 saturated heterocycles. The molecule has 0 saturated carbocycles. The first kappa shape index (κ1) is 26.4. The first-order chi connectivity index (χ1) is 19.4. The van der Waals surface area contributed by atoms with E-state index in [1.807, 2.05) is 30.3 Å². The van der Waals surface area contributed by atoms with Crippen molar-refractivity contribution in [1.82, 2.24) is 14.9 Å². The van der Waals surface area contributed by atoms with Gasteiger partial charge in [0.05, 0.1) is 18.7 Å². The van der Waals surface area contributed by atoms with E-state index in [2.05, 4.69) is 76.5 Å². The van der Waals surface area contributed by atoms with Gasteiger partial charge in [-0.25, -0.2) is 0 Å². The first-order valence-electron chi connectivity index (χ1n) is 13.8. The number of hydrogen-bond acceptors (Lipinski definition) is 5. The molecule has 3 aromatic carbocycles. The van der Waals surface area contributed by atoms with E-state index in [4.69, 9.17) is 16.3 Å². The molecule has 2 atom stereocenters. The van der Waals surface area contributed by atoms with Crippen molar-refractivity contribution in [2.45, 2.75) is 38.3 Å². The largest absolute Gasteiger partial charge is 0.468 e. The molecule has 1 aliphatic heterocycles. The number of aromatic nitrogens is 2. The number of para-hydroxylation sites is 1. The number of hydrogen-bond donors (Lipinski definition) is 2. The van der Waals surface area contributed by atoms with Crippen LogP contribution in [0.2, 0.25) is 5.02 Å². The van der Waals surface area contributed by atoms with Gasteiger partial charge in [-0.05, 0) is 52.9 Å². The summed E-state index contributed by atoms with van der Waals surface area (Å²) in [6.45, 7) is 5.66. The Kier molecular flexibility index (Phi) is 7.22. The fourth-order valence-corrected chi connectivity index (χ4v) is 6.15. The second-order valence-corrected chi connectivity index (χ2v) is 11.2. The highest BCUT2D eigenvalue weighted by molar-refractivity contribution is 6.31. The molecule has 0 fully saturated rings. The summed E-state index contributed by atoms with van der Waals surface area (Å²) in [5.74, 6) is 0.223. The van der Waals surface area contributed by atoms with Crippen molar-refractivity contribution in [2.24, 2.45) is 0 Å². The lowest BCUT2D eigenvalue weighted by atomic mass is 9.87. The van der Waals surface area contributed by atoms with Gasteiger partial charge >= 0.3 is 5.97 Å². The molecule has 7 heteroatoms. The van der Waals surface area contributed by atoms with Crippen LogP contribution in [0, 0.1) is 0 Å². The third kappa shape index (κ3) is 4.82. The summed E-state index contributed by atoms with van der Waals surface area (Å²) in [5, 5.41) is 6.42. The normalized spacial score (nSPS) is 17.3. The van der Waals surface area contributed by atoms with E-state index in [9.17, 15) is 4.79 Å². The summed E-state index contributed by atoms with van der Waals surface area (Å²) in [4.78, 5) is 23.7. The molecular weight excluding hydrogens is 520 g/mol. The summed E-state index contributed by atoms with van der Waals surface area (Å²) in [6.07, 6.45) is 2.37. The van der Waals surface area contributed by atoms with E-state index in [0.717, 1.165) is 38.8 Å². The molecule has 6 nitrogen and oxygen atoms in total. The lowest BCUT2D eigenvalue weighted by Crippen LogP contribution is -2.50. The smallest absolute Gasteiger partial charge is 0.323 e.